The van der Waals surface area contributed by atoms with Crippen molar-refractivity contribution in [3.05, 3.63) is 23.8 Å². The highest BCUT2D eigenvalue weighted by Crippen LogP contribution is 2.41. The molecule has 3 nitrogen and oxygen atoms in total. The van der Waals surface area contributed by atoms with Crippen molar-refractivity contribution in [1.29, 1.82) is 0 Å². The van der Waals surface area contributed by atoms with Crippen molar-refractivity contribution in [3.63, 3.8) is 0 Å². The van der Waals surface area contributed by atoms with Crippen LogP contribution in [0.1, 0.15) is 59.1 Å². The second-order valence-electron chi connectivity index (χ2n) is 6.97. The second-order valence-corrected chi connectivity index (χ2v) is 6.97. The summed E-state index contributed by atoms with van der Waals surface area (Å²) in [4.78, 5) is 0. The third-order valence-electron chi connectivity index (χ3n) is 3.69. The molecule has 0 radical (unpaired) electrons. The fraction of sp³-hybridized carbons (Fsp3) is 0.667. The maximum Gasteiger partial charge on any atom is 0.128 e. The summed E-state index contributed by atoms with van der Waals surface area (Å²) in [5.74, 6) is 2.50. The van der Waals surface area contributed by atoms with E-state index >= 15 is 0 Å². The van der Waals surface area contributed by atoms with Crippen LogP contribution >= 0.6 is 0 Å². The van der Waals surface area contributed by atoms with Crippen molar-refractivity contribution in [1.82, 2.24) is 5.32 Å². The zero-order chi connectivity index (χ0) is 15.5. The molecular formula is C18H29NO2. The molecule has 0 saturated carbocycles. The number of rotatable bonds is 6. The van der Waals surface area contributed by atoms with Gasteiger partial charge in [0.25, 0.3) is 0 Å². The molecule has 1 heterocycles. The van der Waals surface area contributed by atoms with Crippen LogP contribution in [-0.4, -0.2) is 18.8 Å². The maximum absolute atomic E-state index is 6.16. The highest BCUT2D eigenvalue weighted by atomic mass is 16.5. The van der Waals surface area contributed by atoms with Crippen LogP contribution in [-0.2, 0) is 0 Å². The number of nitrogens with one attached hydrogen (secondary N) is 1. The van der Waals surface area contributed by atoms with E-state index in [1.165, 1.54) is 5.56 Å². The van der Waals surface area contributed by atoms with Crippen molar-refractivity contribution in [2.45, 2.75) is 59.1 Å². The van der Waals surface area contributed by atoms with Crippen molar-refractivity contribution >= 4 is 0 Å². The SMILES string of the molecule is CCCOc1ccc2c(c1)OC(C)(C)CC2NCC(C)C. The lowest BCUT2D eigenvalue weighted by atomic mass is 9.89. The minimum Gasteiger partial charge on any atom is -0.493 e. The van der Waals surface area contributed by atoms with E-state index in [2.05, 4.69) is 52.1 Å². The highest BCUT2D eigenvalue weighted by molar-refractivity contribution is 5.44. The molecule has 1 N–H and O–H groups in total. The number of hydrogen-bond acceptors (Lipinski definition) is 3. The third kappa shape index (κ3) is 4.37. The zero-order valence-electron chi connectivity index (χ0n) is 14.0. The van der Waals surface area contributed by atoms with Gasteiger partial charge in [-0.15, -0.1) is 0 Å². The summed E-state index contributed by atoms with van der Waals surface area (Å²) in [5, 5.41) is 3.67. The minimum absolute atomic E-state index is 0.148. The van der Waals surface area contributed by atoms with Crippen molar-refractivity contribution < 1.29 is 9.47 Å². The molecule has 1 aromatic carbocycles. The zero-order valence-corrected chi connectivity index (χ0v) is 14.0. The molecule has 1 atom stereocenters. The largest absolute Gasteiger partial charge is 0.493 e. The van der Waals surface area contributed by atoms with E-state index in [0.717, 1.165) is 37.5 Å². The number of hydrogen-bond donors (Lipinski definition) is 1. The van der Waals surface area contributed by atoms with E-state index in [-0.39, 0.29) is 5.60 Å². The van der Waals surface area contributed by atoms with E-state index < -0.39 is 0 Å². The molecule has 0 fully saturated rings. The monoisotopic (exact) mass is 291 g/mol. The lowest BCUT2D eigenvalue weighted by molar-refractivity contribution is 0.0651. The predicted octanol–water partition coefficient (Wildman–Crippen LogP) is 4.32. The summed E-state index contributed by atoms with van der Waals surface area (Å²) in [5.41, 5.74) is 1.10. The van der Waals surface area contributed by atoms with E-state index in [1.807, 2.05) is 6.07 Å². The Hall–Kier alpha value is -1.22. The van der Waals surface area contributed by atoms with Gasteiger partial charge in [-0.1, -0.05) is 26.8 Å². The first-order chi connectivity index (χ1) is 9.91. The molecule has 0 aliphatic carbocycles. The van der Waals surface area contributed by atoms with Crippen molar-refractivity contribution in [2.75, 3.05) is 13.2 Å². The fourth-order valence-corrected chi connectivity index (χ4v) is 2.70. The standard InChI is InChI=1S/C18H29NO2/c1-6-9-20-14-7-8-15-16(19-12-13(2)3)11-18(4,5)21-17(15)10-14/h7-8,10,13,16,19H,6,9,11-12H2,1-5H3. The summed E-state index contributed by atoms with van der Waals surface area (Å²) in [6, 6.07) is 6.59. The second kappa shape index (κ2) is 6.69. The normalized spacial score (nSPS) is 20.0. The Morgan fingerprint density at radius 3 is 2.81 bits per heavy atom. The van der Waals surface area contributed by atoms with Crippen molar-refractivity contribution in [2.24, 2.45) is 5.92 Å². The van der Waals surface area contributed by atoms with Gasteiger partial charge in [0.1, 0.15) is 17.1 Å². The van der Waals surface area contributed by atoms with Gasteiger partial charge in [0.15, 0.2) is 0 Å². The van der Waals surface area contributed by atoms with Crippen LogP contribution in [0, 0.1) is 5.92 Å². The number of ether oxygens (including phenoxy) is 2. The first kappa shape index (κ1) is 16.2. The van der Waals surface area contributed by atoms with Crippen molar-refractivity contribution in [3.8, 4) is 11.5 Å². The Morgan fingerprint density at radius 1 is 1.38 bits per heavy atom. The van der Waals surface area contributed by atoms with Crippen LogP contribution in [0.3, 0.4) is 0 Å². The molecule has 1 unspecified atom stereocenters. The van der Waals surface area contributed by atoms with Gasteiger partial charge in [-0.25, -0.2) is 0 Å². The minimum atomic E-state index is -0.148. The summed E-state index contributed by atoms with van der Waals surface area (Å²) < 4.78 is 11.9. The number of benzene rings is 1. The van der Waals surface area contributed by atoms with E-state index in [9.17, 15) is 0 Å². The fourth-order valence-electron chi connectivity index (χ4n) is 2.70. The summed E-state index contributed by atoms with van der Waals surface area (Å²) in [6.07, 6.45) is 2.00. The van der Waals surface area contributed by atoms with Gasteiger partial charge in [-0.2, -0.15) is 0 Å². The molecule has 1 aromatic rings. The summed E-state index contributed by atoms with van der Waals surface area (Å²) in [6.45, 7) is 12.7. The molecule has 0 amide bonds. The van der Waals surface area contributed by atoms with Crippen LogP contribution < -0.4 is 14.8 Å². The maximum atomic E-state index is 6.16. The average Bonchev–Trinajstić information content (AvgIpc) is 2.40. The van der Waals surface area contributed by atoms with Gasteiger partial charge < -0.3 is 14.8 Å². The first-order valence-electron chi connectivity index (χ1n) is 8.10. The van der Waals surface area contributed by atoms with Gasteiger partial charge in [-0.05, 0) is 38.8 Å². The Bertz CT molecular complexity index is 468. The lowest BCUT2D eigenvalue weighted by Crippen LogP contribution is -2.40. The molecule has 0 aromatic heterocycles. The molecule has 21 heavy (non-hydrogen) atoms. The summed E-state index contributed by atoms with van der Waals surface area (Å²) >= 11 is 0. The Balaban J connectivity index is 2.20. The molecule has 2 rings (SSSR count). The lowest BCUT2D eigenvalue weighted by Gasteiger charge is -2.38. The van der Waals surface area contributed by atoms with Gasteiger partial charge in [0.05, 0.1) is 6.61 Å². The predicted molar refractivity (Wildman–Crippen MR) is 87.1 cm³/mol. The van der Waals surface area contributed by atoms with Gasteiger partial charge in [-0.3, -0.25) is 0 Å². The Morgan fingerprint density at radius 2 is 2.14 bits per heavy atom. The molecule has 3 heteroatoms. The average molecular weight is 291 g/mol. The Labute approximate surface area is 129 Å². The molecular weight excluding hydrogens is 262 g/mol. The van der Waals surface area contributed by atoms with E-state index in [1.54, 1.807) is 0 Å². The van der Waals surface area contributed by atoms with Gasteiger partial charge in [0.2, 0.25) is 0 Å². The van der Waals surface area contributed by atoms with Crippen LogP contribution in [0.15, 0.2) is 18.2 Å². The highest BCUT2D eigenvalue weighted by Gasteiger charge is 2.33. The molecule has 0 saturated heterocycles. The van der Waals surface area contributed by atoms with Crippen LogP contribution in [0.4, 0.5) is 0 Å². The topological polar surface area (TPSA) is 30.5 Å². The third-order valence-corrected chi connectivity index (χ3v) is 3.69. The first-order valence-corrected chi connectivity index (χ1v) is 8.10. The smallest absolute Gasteiger partial charge is 0.128 e. The van der Waals surface area contributed by atoms with Crippen LogP contribution in [0.25, 0.3) is 0 Å². The molecule has 0 bridgehead atoms. The van der Waals surface area contributed by atoms with Gasteiger partial charge >= 0.3 is 0 Å². The molecule has 118 valence electrons. The molecule has 1 aliphatic heterocycles. The molecule has 1 aliphatic rings. The van der Waals surface area contributed by atoms with Crippen LogP contribution in [0.2, 0.25) is 0 Å². The number of fused-ring (bicyclic) bond motifs is 1. The van der Waals surface area contributed by atoms with E-state index in [0.29, 0.717) is 12.0 Å². The quantitative estimate of drug-likeness (QED) is 0.846. The van der Waals surface area contributed by atoms with Crippen LogP contribution in [0.5, 0.6) is 11.5 Å². The molecule has 0 spiro atoms. The Kier molecular flexibility index (Phi) is 5.15. The van der Waals surface area contributed by atoms with Gasteiger partial charge in [0, 0.05) is 24.1 Å². The summed E-state index contributed by atoms with van der Waals surface area (Å²) in [7, 11) is 0. The van der Waals surface area contributed by atoms with E-state index in [4.69, 9.17) is 9.47 Å².